The number of hydrogen-bond acceptors (Lipinski definition) is 7. The third-order valence-electron chi connectivity index (χ3n) is 11.9. The van der Waals surface area contributed by atoms with Crippen LogP contribution in [0.3, 0.4) is 0 Å². The zero-order chi connectivity index (χ0) is 35.1. The Morgan fingerprint density at radius 1 is 0.940 bits per heavy atom. The van der Waals surface area contributed by atoms with Gasteiger partial charge in [-0.15, -0.1) is 0 Å². The van der Waals surface area contributed by atoms with Crippen molar-refractivity contribution < 1.29 is 9.59 Å². The lowest BCUT2D eigenvalue weighted by Crippen LogP contribution is -2.54. The number of carbonyl (C=O) groups is 2. The molecule has 8 unspecified atom stereocenters. The van der Waals surface area contributed by atoms with Crippen molar-refractivity contribution in [2.75, 3.05) is 6.54 Å². The monoisotopic (exact) mass is 676 g/mol. The lowest BCUT2D eigenvalue weighted by molar-refractivity contribution is -0.138. The fourth-order valence-corrected chi connectivity index (χ4v) is 9.03. The maximum atomic E-state index is 13.4. The van der Waals surface area contributed by atoms with E-state index >= 15 is 0 Å². The molecule has 2 aliphatic carbocycles. The van der Waals surface area contributed by atoms with E-state index in [9.17, 15) is 9.59 Å². The fourth-order valence-electron chi connectivity index (χ4n) is 9.03. The summed E-state index contributed by atoms with van der Waals surface area (Å²) >= 11 is 0. The van der Waals surface area contributed by atoms with Gasteiger partial charge in [0.25, 0.3) is 0 Å². The molecule has 2 saturated heterocycles. The van der Waals surface area contributed by atoms with Crippen LogP contribution in [0.4, 0.5) is 0 Å². The van der Waals surface area contributed by atoms with E-state index in [1.165, 1.54) is 0 Å². The van der Waals surface area contributed by atoms with Crippen molar-refractivity contribution in [2.45, 2.75) is 102 Å². The third kappa shape index (κ3) is 6.28. The molecule has 0 radical (unpaired) electrons. The van der Waals surface area contributed by atoms with Crippen molar-refractivity contribution in [3.8, 4) is 22.4 Å². The third-order valence-corrected chi connectivity index (χ3v) is 11.9. The second-order valence-corrected chi connectivity index (χ2v) is 15.2. The topological polar surface area (TPSA) is 146 Å². The molecular formula is C40H52N8O2. The summed E-state index contributed by atoms with van der Waals surface area (Å²) in [6.45, 7) is 10.3. The lowest BCUT2D eigenvalue weighted by Gasteiger charge is -2.37. The van der Waals surface area contributed by atoms with Crippen LogP contribution >= 0.6 is 0 Å². The molecule has 1 aromatic heterocycles. The molecule has 10 nitrogen and oxygen atoms in total. The number of hydrogen-bond donors (Lipinski definition) is 4. The Balaban J connectivity index is 1.02. The molecule has 10 heteroatoms. The molecular weight excluding hydrogens is 624 g/mol. The largest absolute Gasteiger partial charge is 0.381 e. The first-order valence-corrected chi connectivity index (χ1v) is 18.5. The average Bonchev–Trinajstić information content (AvgIpc) is 3.99. The fraction of sp³-hybridized carbons (Fsp3) is 0.500. The second-order valence-electron chi connectivity index (χ2n) is 15.2. The number of nitrogens with two attached hydrogens (primary N) is 2. The summed E-state index contributed by atoms with van der Waals surface area (Å²) < 4.78 is 0. The van der Waals surface area contributed by atoms with Crippen molar-refractivity contribution in [1.82, 2.24) is 25.1 Å². The minimum Gasteiger partial charge on any atom is -0.381 e. The molecule has 2 aromatic carbocycles. The Morgan fingerprint density at radius 3 is 2.22 bits per heavy atom. The molecule has 4 fully saturated rings. The van der Waals surface area contributed by atoms with Crippen molar-refractivity contribution in [1.29, 1.82) is 0 Å². The highest BCUT2D eigenvalue weighted by Crippen LogP contribution is 2.50. The molecule has 3 aromatic rings. The number of imidazole rings is 1. The van der Waals surface area contributed by atoms with Crippen LogP contribution in [0.1, 0.15) is 83.1 Å². The average molecular weight is 677 g/mol. The zero-order valence-corrected chi connectivity index (χ0v) is 29.6. The number of amides is 2. The Kier molecular flexibility index (Phi) is 9.67. The normalized spacial score (nSPS) is 26.9. The van der Waals surface area contributed by atoms with E-state index in [1.807, 2.05) is 31.9 Å². The van der Waals surface area contributed by atoms with Gasteiger partial charge in [-0.2, -0.15) is 0 Å². The number of nitrogens with one attached hydrogen (secondary N) is 2. The number of likely N-dealkylation sites (tertiary alicyclic amines) is 2. The highest BCUT2D eigenvalue weighted by atomic mass is 16.2. The summed E-state index contributed by atoms with van der Waals surface area (Å²) in [6.07, 6.45) is 10.8. The molecule has 4 aliphatic rings. The van der Waals surface area contributed by atoms with Gasteiger partial charge in [0.2, 0.25) is 11.8 Å². The van der Waals surface area contributed by atoms with Gasteiger partial charge >= 0.3 is 0 Å². The summed E-state index contributed by atoms with van der Waals surface area (Å²) in [7, 11) is 0. The Bertz CT molecular complexity index is 1730. The molecule has 6 N–H and O–H groups in total. The van der Waals surface area contributed by atoms with Crippen LogP contribution < -0.4 is 16.8 Å². The first-order valence-electron chi connectivity index (χ1n) is 18.5. The van der Waals surface area contributed by atoms with Gasteiger partial charge in [-0.25, -0.2) is 4.98 Å². The molecule has 2 saturated carbocycles. The van der Waals surface area contributed by atoms with Gasteiger partial charge in [0, 0.05) is 24.8 Å². The van der Waals surface area contributed by atoms with E-state index in [2.05, 4.69) is 75.4 Å². The van der Waals surface area contributed by atoms with Gasteiger partial charge in [0.1, 0.15) is 5.82 Å². The molecule has 7 rings (SSSR count). The zero-order valence-electron chi connectivity index (χ0n) is 29.6. The van der Waals surface area contributed by atoms with Gasteiger partial charge in [0.05, 0.1) is 41.8 Å². The van der Waals surface area contributed by atoms with E-state index in [4.69, 9.17) is 16.5 Å². The van der Waals surface area contributed by atoms with Gasteiger partial charge in [-0.1, -0.05) is 69.3 Å². The predicted molar refractivity (Wildman–Crippen MR) is 199 cm³/mol. The van der Waals surface area contributed by atoms with Crippen LogP contribution in [0.2, 0.25) is 0 Å². The number of rotatable bonds is 12. The molecule has 8 atom stereocenters. The molecule has 3 heterocycles. The summed E-state index contributed by atoms with van der Waals surface area (Å²) in [5.74, 6) is 1.99. The van der Waals surface area contributed by atoms with Gasteiger partial charge in [0.15, 0.2) is 0 Å². The molecule has 2 amide bonds. The Morgan fingerprint density at radius 2 is 1.56 bits per heavy atom. The quantitative estimate of drug-likeness (QED) is 0.187. The molecule has 2 aliphatic heterocycles. The van der Waals surface area contributed by atoms with Gasteiger partial charge < -0.3 is 31.6 Å². The SMILES string of the molecule is C=N/C=C(\NCC1C2CCC(C2)N1C(=O)C(N)CC)c1ccc(-c2ccc(-c3cnc(C4C5CCC(C5)N4C(=O)C(N)C(C)C)[nH]3)cc2)cc1. The smallest absolute Gasteiger partial charge is 0.240 e. The van der Waals surface area contributed by atoms with Crippen molar-refractivity contribution >= 4 is 24.2 Å². The standard InChI is InChI=1S/C40H52N8O2/c1-5-32(41)39(49)47-30-16-14-28(18-30)35(47)22-44-33(20-43-4)26-10-6-24(7-11-26)25-8-12-27(13-9-25)34-21-45-38(46-34)37-29-15-17-31(19-29)48(37)40(50)36(42)23(2)3/h6-13,20-21,23,28-32,35-37,44H,4-5,14-19,22,41-42H2,1-3H3,(H,45,46)/b33-20-. The minimum atomic E-state index is -0.495. The number of piperidine rings is 2. The molecule has 50 heavy (non-hydrogen) atoms. The number of nitrogens with zero attached hydrogens (tertiary/aromatic N) is 4. The number of carbonyl (C=O) groups excluding carboxylic acids is 2. The number of aliphatic imine (C=N–C) groups is 1. The van der Waals surface area contributed by atoms with E-state index in [0.29, 0.717) is 30.8 Å². The van der Waals surface area contributed by atoms with Crippen molar-refractivity contribution in [2.24, 2.45) is 34.2 Å². The van der Waals surface area contributed by atoms with Crippen LogP contribution in [0.5, 0.6) is 0 Å². The maximum absolute atomic E-state index is 13.4. The van der Waals surface area contributed by atoms with Gasteiger partial charge in [-0.05, 0) is 91.7 Å². The Hall–Kier alpha value is -4.28. The predicted octanol–water partition coefficient (Wildman–Crippen LogP) is 5.48. The summed E-state index contributed by atoms with van der Waals surface area (Å²) in [6, 6.07) is 16.6. The van der Waals surface area contributed by atoms with Crippen molar-refractivity contribution in [3.05, 3.63) is 72.3 Å². The number of aromatic amines is 1. The summed E-state index contributed by atoms with van der Waals surface area (Å²) in [5, 5.41) is 3.60. The number of aromatic nitrogens is 2. The van der Waals surface area contributed by atoms with E-state index in [-0.39, 0.29) is 35.9 Å². The van der Waals surface area contributed by atoms with Gasteiger partial charge in [-0.3, -0.25) is 14.6 Å². The number of H-pyrrole nitrogens is 1. The highest BCUT2D eigenvalue weighted by Gasteiger charge is 2.51. The second kappa shape index (κ2) is 14.2. The van der Waals surface area contributed by atoms with Crippen LogP contribution in [-0.2, 0) is 9.59 Å². The summed E-state index contributed by atoms with van der Waals surface area (Å²) in [4.78, 5) is 43.1. The van der Waals surface area contributed by atoms with E-state index in [0.717, 1.165) is 78.0 Å². The first-order chi connectivity index (χ1) is 24.2. The highest BCUT2D eigenvalue weighted by molar-refractivity contribution is 5.83. The van der Waals surface area contributed by atoms with E-state index in [1.54, 1.807) is 6.20 Å². The minimum absolute atomic E-state index is 0.0426. The van der Waals surface area contributed by atoms with Crippen LogP contribution in [0.15, 0.2) is 65.9 Å². The number of benzene rings is 2. The molecule has 264 valence electrons. The van der Waals surface area contributed by atoms with E-state index < -0.39 is 12.1 Å². The molecule has 0 spiro atoms. The maximum Gasteiger partial charge on any atom is 0.240 e. The number of fused-ring (bicyclic) bond motifs is 4. The lowest BCUT2D eigenvalue weighted by atomic mass is 9.96. The Labute approximate surface area is 295 Å². The van der Waals surface area contributed by atoms with Crippen LogP contribution in [0, 0.1) is 17.8 Å². The molecule has 4 bridgehead atoms. The van der Waals surface area contributed by atoms with Crippen LogP contribution in [-0.4, -0.2) is 75.1 Å². The van der Waals surface area contributed by atoms with Crippen molar-refractivity contribution in [3.63, 3.8) is 0 Å². The van der Waals surface area contributed by atoms with Crippen LogP contribution in [0.25, 0.3) is 28.1 Å². The first kappa shape index (κ1) is 34.2. The summed E-state index contributed by atoms with van der Waals surface area (Å²) in [5.41, 5.74) is 18.6.